The second-order valence-electron chi connectivity index (χ2n) is 24.7. The molecular formula is C76H58. The summed E-state index contributed by atoms with van der Waals surface area (Å²) in [4.78, 5) is 0. The largest absolute Gasteiger partial charge is 0.0619 e. The van der Waals surface area contributed by atoms with Gasteiger partial charge in [-0.3, -0.25) is 0 Å². The van der Waals surface area contributed by atoms with Crippen LogP contribution in [0.15, 0.2) is 206 Å². The number of benzene rings is 12. The second kappa shape index (κ2) is 14.7. The van der Waals surface area contributed by atoms with E-state index in [2.05, 4.69) is 262 Å². The monoisotopic (exact) mass is 970 g/mol. The molecule has 16 rings (SSSR count). The van der Waals surface area contributed by atoms with Crippen molar-refractivity contribution >= 4 is 32.3 Å². The van der Waals surface area contributed by atoms with Gasteiger partial charge in [-0.1, -0.05) is 225 Å². The molecule has 12 aromatic carbocycles. The van der Waals surface area contributed by atoms with Crippen molar-refractivity contribution in [1.82, 2.24) is 0 Å². The summed E-state index contributed by atoms with van der Waals surface area (Å²) in [6.45, 7) is 19.2. The third-order valence-corrected chi connectivity index (χ3v) is 19.5. The highest BCUT2D eigenvalue weighted by Crippen LogP contribution is 2.57. The van der Waals surface area contributed by atoms with Gasteiger partial charge in [-0.15, -0.1) is 0 Å². The third-order valence-electron chi connectivity index (χ3n) is 19.5. The highest BCUT2D eigenvalue weighted by molar-refractivity contribution is 6.32. The Balaban J connectivity index is 1.01. The van der Waals surface area contributed by atoms with Gasteiger partial charge in [0.25, 0.3) is 0 Å². The van der Waals surface area contributed by atoms with Gasteiger partial charge in [0.2, 0.25) is 0 Å². The molecule has 0 saturated heterocycles. The van der Waals surface area contributed by atoms with Gasteiger partial charge in [0.1, 0.15) is 0 Å². The molecular weight excluding hydrogens is 913 g/mol. The number of hydrogen-bond acceptors (Lipinski definition) is 0. The van der Waals surface area contributed by atoms with E-state index in [0.717, 1.165) is 0 Å². The molecule has 0 spiro atoms. The Morgan fingerprint density at radius 2 is 0.395 bits per heavy atom. The molecule has 0 heteroatoms. The maximum atomic E-state index is 2.54. The summed E-state index contributed by atoms with van der Waals surface area (Å²) in [5.74, 6) is 0. The van der Waals surface area contributed by atoms with Crippen LogP contribution >= 0.6 is 0 Å². The fourth-order valence-corrected chi connectivity index (χ4v) is 15.4. The van der Waals surface area contributed by atoms with Crippen LogP contribution < -0.4 is 0 Å². The van der Waals surface area contributed by atoms with Crippen LogP contribution in [-0.4, -0.2) is 0 Å². The molecule has 0 N–H and O–H groups in total. The van der Waals surface area contributed by atoms with Crippen LogP contribution in [0, 0.1) is 0 Å². The standard InChI is InChI=1S/C76H58/c1-73(2)63-21-13-9-17-47(63)51-29-25-43(37-67(51)73)59-41-60(44-26-30-52-48-18-10-14-22-64(48)74(3,4)68(52)38-44)56-35-36-58-62(46-28-32-54-50-20-12-16-24-66(50)76(7,8)70(54)40-46)42-61(57-34-33-55(59)71(56)72(57)58)45-27-31-53-49-19-11-15-23-65(49)75(5,6)69(53)39-45/h9-42H,1-8H3. The lowest BCUT2D eigenvalue weighted by atomic mass is 9.78. The Morgan fingerprint density at radius 3 is 0.632 bits per heavy atom. The first-order chi connectivity index (χ1) is 36.7. The molecule has 0 fully saturated rings. The number of rotatable bonds is 4. The summed E-state index contributed by atoms with van der Waals surface area (Å²) in [6, 6.07) is 80.4. The zero-order valence-corrected chi connectivity index (χ0v) is 44.6. The average molecular weight is 971 g/mol. The number of hydrogen-bond donors (Lipinski definition) is 0. The third kappa shape index (κ3) is 5.59. The van der Waals surface area contributed by atoms with Gasteiger partial charge in [0, 0.05) is 21.7 Å². The zero-order valence-electron chi connectivity index (χ0n) is 44.6. The van der Waals surface area contributed by atoms with E-state index in [9.17, 15) is 0 Å². The van der Waals surface area contributed by atoms with Gasteiger partial charge in [-0.05, 0) is 202 Å². The van der Waals surface area contributed by atoms with Crippen molar-refractivity contribution in [3.63, 3.8) is 0 Å². The molecule has 0 bridgehead atoms. The minimum Gasteiger partial charge on any atom is -0.0619 e. The van der Waals surface area contributed by atoms with Crippen LogP contribution in [-0.2, 0) is 21.7 Å². The van der Waals surface area contributed by atoms with Crippen LogP contribution in [0.3, 0.4) is 0 Å². The predicted molar refractivity (Wildman–Crippen MR) is 322 cm³/mol. The molecule has 0 radical (unpaired) electrons. The van der Waals surface area contributed by atoms with E-state index in [0.29, 0.717) is 0 Å². The normalized spacial score (nSPS) is 16.1. The molecule has 0 saturated carbocycles. The van der Waals surface area contributed by atoms with E-state index in [-0.39, 0.29) is 21.7 Å². The Morgan fingerprint density at radius 1 is 0.184 bits per heavy atom. The van der Waals surface area contributed by atoms with Crippen molar-refractivity contribution in [1.29, 1.82) is 0 Å². The Hall–Kier alpha value is -8.32. The summed E-state index contributed by atoms with van der Waals surface area (Å²) < 4.78 is 0. The zero-order chi connectivity index (χ0) is 51.4. The lowest BCUT2D eigenvalue weighted by molar-refractivity contribution is 0.660. The van der Waals surface area contributed by atoms with E-state index in [1.165, 1.54) is 166 Å². The van der Waals surface area contributed by atoms with Crippen LogP contribution in [0.25, 0.3) is 121 Å². The van der Waals surface area contributed by atoms with Crippen LogP contribution in [0.5, 0.6) is 0 Å². The van der Waals surface area contributed by atoms with Crippen molar-refractivity contribution in [2.75, 3.05) is 0 Å². The summed E-state index contributed by atoms with van der Waals surface area (Å²) in [7, 11) is 0. The Labute approximate surface area is 446 Å². The van der Waals surface area contributed by atoms with Crippen LogP contribution in [0.1, 0.15) is 99.9 Å². The smallest absolute Gasteiger partial charge is 0.0159 e. The first kappa shape index (κ1) is 44.0. The summed E-state index contributed by atoms with van der Waals surface area (Å²) in [5.41, 5.74) is 31.6. The average Bonchev–Trinajstić information content (AvgIpc) is 4.09. The van der Waals surface area contributed by atoms with E-state index >= 15 is 0 Å². The Bertz CT molecular complexity index is 3990. The van der Waals surface area contributed by atoms with Gasteiger partial charge >= 0.3 is 0 Å². The highest BCUT2D eigenvalue weighted by atomic mass is 14.4. The molecule has 0 aliphatic heterocycles. The Kier molecular flexibility index (Phi) is 8.54. The summed E-state index contributed by atoms with van der Waals surface area (Å²) >= 11 is 0. The van der Waals surface area contributed by atoms with Crippen molar-refractivity contribution in [3.05, 3.63) is 251 Å². The molecule has 362 valence electrons. The molecule has 76 heavy (non-hydrogen) atoms. The quantitative estimate of drug-likeness (QED) is 0.154. The number of fused-ring (bicyclic) bond motifs is 12. The minimum absolute atomic E-state index is 0.128. The van der Waals surface area contributed by atoms with Gasteiger partial charge in [0.05, 0.1) is 0 Å². The predicted octanol–water partition coefficient (Wildman–Crippen LogP) is 20.5. The lowest BCUT2D eigenvalue weighted by Crippen LogP contribution is -2.15. The van der Waals surface area contributed by atoms with Crippen LogP contribution in [0.2, 0.25) is 0 Å². The first-order valence-corrected chi connectivity index (χ1v) is 27.5. The van der Waals surface area contributed by atoms with Crippen molar-refractivity contribution in [2.24, 2.45) is 0 Å². The molecule has 0 atom stereocenters. The molecule has 0 amide bonds. The van der Waals surface area contributed by atoms with E-state index < -0.39 is 0 Å². The van der Waals surface area contributed by atoms with Gasteiger partial charge in [-0.25, -0.2) is 0 Å². The van der Waals surface area contributed by atoms with E-state index in [1.54, 1.807) is 0 Å². The second-order valence-corrected chi connectivity index (χ2v) is 24.7. The van der Waals surface area contributed by atoms with Crippen molar-refractivity contribution < 1.29 is 0 Å². The SMILES string of the molecule is CC1(C)c2ccccc2-c2ccc(-c3cc(-c4ccc5c(c4)C(C)(C)c4ccccc4-5)c4ccc5c(-c6ccc7c(c6)C(C)(C)c6ccccc6-7)cc(-c6ccc7c(c6)C(C)(C)c6ccccc6-7)c6ccc3c4c65)cc21. The van der Waals surface area contributed by atoms with Crippen LogP contribution in [0.4, 0.5) is 0 Å². The maximum Gasteiger partial charge on any atom is 0.0159 e. The lowest BCUT2D eigenvalue weighted by Gasteiger charge is -2.25. The highest BCUT2D eigenvalue weighted by Gasteiger charge is 2.40. The van der Waals surface area contributed by atoms with Gasteiger partial charge < -0.3 is 0 Å². The minimum atomic E-state index is -0.128. The molecule has 0 nitrogen and oxygen atoms in total. The molecule has 4 aliphatic carbocycles. The topological polar surface area (TPSA) is 0 Å². The molecule has 0 heterocycles. The summed E-state index contributed by atoms with van der Waals surface area (Å²) in [5, 5.41) is 7.83. The maximum absolute atomic E-state index is 2.54. The van der Waals surface area contributed by atoms with Crippen molar-refractivity contribution in [3.8, 4) is 89.0 Å². The molecule has 12 aromatic rings. The molecule has 4 aliphatic rings. The van der Waals surface area contributed by atoms with Crippen molar-refractivity contribution in [2.45, 2.75) is 77.0 Å². The van der Waals surface area contributed by atoms with Gasteiger partial charge in [0.15, 0.2) is 0 Å². The first-order valence-electron chi connectivity index (χ1n) is 27.5. The fourth-order valence-electron chi connectivity index (χ4n) is 15.4. The van der Waals surface area contributed by atoms with E-state index in [4.69, 9.17) is 0 Å². The van der Waals surface area contributed by atoms with E-state index in [1.807, 2.05) is 0 Å². The fraction of sp³-hybridized carbons (Fsp3) is 0.158. The summed E-state index contributed by atoms with van der Waals surface area (Å²) in [6.07, 6.45) is 0. The molecule has 0 unspecified atom stereocenters. The molecule has 0 aromatic heterocycles. The van der Waals surface area contributed by atoms with Gasteiger partial charge in [-0.2, -0.15) is 0 Å².